The Kier molecular flexibility index (Phi) is 3.39. The number of aliphatic hydroxyl groups excluding tert-OH is 1. The molecule has 7 nitrogen and oxygen atoms in total. The van der Waals surface area contributed by atoms with Gasteiger partial charge in [-0.25, -0.2) is 4.68 Å². The number of aliphatic hydroxyl groups is 1. The molecule has 1 N–H and O–H groups in total. The van der Waals surface area contributed by atoms with E-state index in [2.05, 4.69) is 36.3 Å². The lowest BCUT2D eigenvalue weighted by Crippen LogP contribution is -2.65. The van der Waals surface area contributed by atoms with Crippen LogP contribution < -0.4 is 5.46 Å². The molecule has 26 heavy (non-hydrogen) atoms. The van der Waals surface area contributed by atoms with Crippen molar-refractivity contribution in [2.45, 2.75) is 51.9 Å². The van der Waals surface area contributed by atoms with Crippen molar-refractivity contribution in [1.29, 1.82) is 0 Å². The Morgan fingerprint density at radius 2 is 2.12 bits per heavy atom. The molecule has 1 aromatic heterocycles. The van der Waals surface area contributed by atoms with Gasteiger partial charge >= 0.3 is 7.12 Å². The molecule has 4 aliphatic rings. The Bertz CT molecular complexity index is 843. The van der Waals surface area contributed by atoms with Crippen molar-refractivity contribution < 1.29 is 14.4 Å². The minimum absolute atomic E-state index is 0.0614. The molecule has 136 valence electrons. The van der Waals surface area contributed by atoms with E-state index in [1.807, 2.05) is 18.2 Å². The predicted molar refractivity (Wildman–Crippen MR) is 94.8 cm³/mol. The first-order chi connectivity index (χ1) is 12.4. The summed E-state index contributed by atoms with van der Waals surface area (Å²) in [6.45, 7) is 6.85. The molecule has 2 heterocycles. The topological polar surface area (TPSA) is 82.3 Å². The first-order valence-corrected chi connectivity index (χ1v) is 9.23. The average molecular weight is 354 g/mol. The van der Waals surface area contributed by atoms with Crippen LogP contribution in [0.4, 0.5) is 0 Å². The summed E-state index contributed by atoms with van der Waals surface area (Å²) < 4.78 is 14.5. The molecule has 3 aliphatic carbocycles. The van der Waals surface area contributed by atoms with E-state index in [-0.39, 0.29) is 18.3 Å². The molecule has 2 aromatic rings. The molecular formula is C18H23BN4O3. The van der Waals surface area contributed by atoms with Gasteiger partial charge in [0.2, 0.25) is 0 Å². The van der Waals surface area contributed by atoms with Gasteiger partial charge in [0.1, 0.15) is 6.33 Å². The molecule has 1 aromatic carbocycles. The first kappa shape index (κ1) is 16.4. The second kappa shape index (κ2) is 5.37. The minimum Gasteiger partial charge on any atom is -0.402 e. The van der Waals surface area contributed by atoms with Crippen LogP contribution in [0.5, 0.6) is 0 Å². The maximum absolute atomic E-state index is 9.66. The third kappa shape index (κ3) is 2.15. The number of nitrogens with zero attached hydrogens (tertiary/aromatic N) is 4. The summed E-state index contributed by atoms with van der Waals surface area (Å²) in [6.07, 6.45) is 3.94. The van der Waals surface area contributed by atoms with E-state index in [9.17, 15) is 5.11 Å². The Hall–Kier alpha value is -1.77. The zero-order chi connectivity index (χ0) is 18.1. The molecule has 1 saturated heterocycles. The van der Waals surface area contributed by atoms with E-state index in [4.69, 9.17) is 9.31 Å². The largest absolute Gasteiger partial charge is 0.494 e. The smallest absolute Gasteiger partial charge is 0.402 e. The number of hydrogen-bond acceptors (Lipinski definition) is 6. The van der Waals surface area contributed by atoms with Crippen LogP contribution in [0.1, 0.15) is 39.2 Å². The molecule has 0 spiro atoms. The number of hydrogen-bond donors (Lipinski definition) is 1. The van der Waals surface area contributed by atoms with Crippen LogP contribution >= 0.6 is 0 Å². The van der Waals surface area contributed by atoms with Crippen molar-refractivity contribution in [3.05, 3.63) is 30.1 Å². The highest BCUT2D eigenvalue weighted by atomic mass is 16.7. The van der Waals surface area contributed by atoms with Gasteiger partial charge in [-0.2, -0.15) is 0 Å². The fourth-order valence-corrected chi connectivity index (χ4v) is 5.35. The van der Waals surface area contributed by atoms with Crippen molar-refractivity contribution in [2.75, 3.05) is 0 Å². The second-order valence-electron chi connectivity index (χ2n) is 8.65. The fourth-order valence-electron chi connectivity index (χ4n) is 5.35. The second-order valence-corrected chi connectivity index (χ2v) is 8.65. The normalized spacial score (nSPS) is 34.5. The van der Waals surface area contributed by atoms with Gasteiger partial charge in [-0.1, -0.05) is 19.9 Å². The van der Waals surface area contributed by atoms with Gasteiger partial charge in [0, 0.05) is 0 Å². The van der Waals surface area contributed by atoms with Crippen LogP contribution in [-0.4, -0.2) is 44.1 Å². The van der Waals surface area contributed by atoms with E-state index >= 15 is 0 Å². The third-order valence-corrected chi connectivity index (χ3v) is 7.02. The van der Waals surface area contributed by atoms with Crippen LogP contribution in [0.25, 0.3) is 5.69 Å². The van der Waals surface area contributed by atoms with Gasteiger partial charge < -0.3 is 14.4 Å². The molecule has 0 unspecified atom stereocenters. The molecule has 4 fully saturated rings. The quantitative estimate of drug-likeness (QED) is 0.831. The van der Waals surface area contributed by atoms with Crippen LogP contribution in [0, 0.1) is 17.3 Å². The summed E-state index contributed by atoms with van der Waals surface area (Å²) in [5.74, 6) is 1.23. The van der Waals surface area contributed by atoms with Crippen molar-refractivity contribution in [1.82, 2.24) is 20.2 Å². The van der Waals surface area contributed by atoms with Gasteiger partial charge in [0.25, 0.3) is 0 Å². The third-order valence-electron chi connectivity index (χ3n) is 7.02. The first-order valence-electron chi connectivity index (χ1n) is 9.23. The van der Waals surface area contributed by atoms with Crippen LogP contribution in [0.15, 0.2) is 24.5 Å². The highest BCUT2D eigenvalue weighted by Crippen LogP contribution is 2.65. The van der Waals surface area contributed by atoms with E-state index in [0.29, 0.717) is 17.3 Å². The Morgan fingerprint density at radius 3 is 2.81 bits per heavy atom. The van der Waals surface area contributed by atoms with E-state index < -0.39 is 7.12 Å². The Labute approximate surface area is 152 Å². The fraction of sp³-hybridized carbons (Fsp3) is 0.611. The number of tetrazole rings is 1. The molecule has 6 rings (SSSR count). The monoisotopic (exact) mass is 354 g/mol. The lowest BCUT2D eigenvalue weighted by Gasteiger charge is -2.64. The molecule has 4 atom stereocenters. The predicted octanol–water partition coefficient (Wildman–Crippen LogP) is 1.09. The van der Waals surface area contributed by atoms with Gasteiger partial charge in [-0.15, -0.1) is 5.10 Å². The van der Waals surface area contributed by atoms with E-state index in [1.54, 1.807) is 4.68 Å². The molecule has 0 radical (unpaired) electrons. The van der Waals surface area contributed by atoms with E-state index in [0.717, 1.165) is 23.1 Å². The number of rotatable bonds is 3. The van der Waals surface area contributed by atoms with Crippen molar-refractivity contribution in [3.8, 4) is 5.69 Å². The SMILES string of the molecule is CC1(C)[C@@H]2C[C@H]3OB(c4cc(CO)cc(-n5cnnn5)c4)O[C@@]3(C)[C@H]1C2. The van der Waals surface area contributed by atoms with Gasteiger partial charge in [-0.05, 0) is 70.6 Å². The molecule has 2 bridgehead atoms. The molecular weight excluding hydrogens is 331 g/mol. The van der Waals surface area contributed by atoms with Gasteiger partial charge in [-0.3, -0.25) is 0 Å². The van der Waals surface area contributed by atoms with Crippen molar-refractivity contribution in [2.24, 2.45) is 17.3 Å². The zero-order valence-corrected chi connectivity index (χ0v) is 15.3. The summed E-state index contributed by atoms with van der Waals surface area (Å²) in [4.78, 5) is 0. The summed E-state index contributed by atoms with van der Waals surface area (Å²) in [6, 6.07) is 5.77. The lowest BCUT2D eigenvalue weighted by molar-refractivity contribution is -0.199. The Morgan fingerprint density at radius 1 is 1.27 bits per heavy atom. The number of aromatic nitrogens is 4. The van der Waals surface area contributed by atoms with Gasteiger partial charge in [0.15, 0.2) is 0 Å². The van der Waals surface area contributed by atoms with Crippen LogP contribution in [0.2, 0.25) is 0 Å². The highest BCUT2D eigenvalue weighted by Gasteiger charge is 2.68. The average Bonchev–Trinajstić information content (AvgIpc) is 3.27. The van der Waals surface area contributed by atoms with Crippen molar-refractivity contribution in [3.63, 3.8) is 0 Å². The molecule has 8 heteroatoms. The number of benzene rings is 1. The summed E-state index contributed by atoms with van der Waals surface area (Å²) in [7, 11) is -0.429. The summed E-state index contributed by atoms with van der Waals surface area (Å²) >= 11 is 0. The van der Waals surface area contributed by atoms with Gasteiger partial charge in [0.05, 0.1) is 24.0 Å². The molecule has 3 saturated carbocycles. The Balaban J connectivity index is 1.49. The van der Waals surface area contributed by atoms with Crippen LogP contribution in [0.3, 0.4) is 0 Å². The molecule has 0 amide bonds. The minimum atomic E-state index is -0.429. The summed E-state index contributed by atoms with van der Waals surface area (Å²) in [5, 5.41) is 21.0. The molecule has 1 aliphatic heterocycles. The zero-order valence-electron chi connectivity index (χ0n) is 15.3. The lowest BCUT2D eigenvalue weighted by atomic mass is 9.43. The van der Waals surface area contributed by atoms with E-state index in [1.165, 1.54) is 12.7 Å². The standard InChI is InChI=1S/C18H23BN4O3/c1-17(2)12-6-15(17)18(3)16(7-12)25-19(26-18)13-4-11(9-24)5-14(8-13)23-10-20-21-22-23/h4-5,8,10,12,15-16,24H,6-7,9H2,1-3H3/t12-,15-,16+,18-/m0/s1. The maximum Gasteiger partial charge on any atom is 0.494 e. The van der Waals surface area contributed by atoms with Crippen molar-refractivity contribution >= 4 is 12.6 Å². The maximum atomic E-state index is 9.66. The summed E-state index contributed by atoms with van der Waals surface area (Å²) in [5.41, 5.74) is 2.52. The highest BCUT2D eigenvalue weighted by molar-refractivity contribution is 6.62. The van der Waals surface area contributed by atoms with Crippen LogP contribution in [-0.2, 0) is 15.9 Å².